The molecular formula is C12H11N3O4S. The standard InChI is InChI=1S/C12H11N3O4S/c1-17-10-13-11(18-2)15-12(14-10)19-9(16)7-3-5-8(20)6-4-7/h3-6,20H,1-2H3. The molecule has 0 N–H and O–H groups in total. The van der Waals surface area contributed by atoms with Crippen molar-refractivity contribution in [1.82, 2.24) is 15.0 Å². The van der Waals surface area contributed by atoms with Crippen LogP contribution in [0.3, 0.4) is 0 Å². The van der Waals surface area contributed by atoms with Gasteiger partial charge in [0.25, 0.3) is 0 Å². The van der Waals surface area contributed by atoms with Crippen LogP contribution in [0.15, 0.2) is 29.2 Å². The predicted octanol–water partition coefficient (Wildman–Crippen LogP) is 1.40. The lowest BCUT2D eigenvalue weighted by molar-refractivity contribution is 0.0716. The molecule has 1 heterocycles. The maximum Gasteiger partial charge on any atom is 0.345 e. The van der Waals surface area contributed by atoms with Crippen molar-refractivity contribution < 1.29 is 19.0 Å². The molecule has 104 valence electrons. The summed E-state index contributed by atoms with van der Waals surface area (Å²) >= 11 is 4.13. The van der Waals surface area contributed by atoms with Crippen molar-refractivity contribution in [1.29, 1.82) is 0 Å². The number of carbonyl (C=O) groups is 1. The fourth-order valence-corrected chi connectivity index (χ4v) is 1.44. The topological polar surface area (TPSA) is 83.4 Å². The highest BCUT2D eigenvalue weighted by Gasteiger charge is 2.14. The summed E-state index contributed by atoms with van der Waals surface area (Å²) in [4.78, 5) is 24.0. The number of ether oxygens (including phenoxy) is 3. The molecule has 0 radical (unpaired) electrons. The fraction of sp³-hybridized carbons (Fsp3) is 0.167. The summed E-state index contributed by atoms with van der Waals surface area (Å²) < 4.78 is 14.8. The molecule has 0 saturated heterocycles. The molecule has 1 aromatic carbocycles. The van der Waals surface area contributed by atoms with Crippen molar-refractivity contribution in [2.45, 2.75) is 4.90 Å². The van der Waals surface area contributed by atoms with Crippen LogP contribution in [0, 0.1) is 0 Å². The third kappa shape index (κ3) is 3.35. The van der Waals surface area contributed by atoms with Crippen molar-refractivity contribution in [3.63, 3.8) is 0 Å². The van der Waals surface area contributed by atoms with E-state index in [0.717, 1.165) is 4.90 Å². The summed E-state index contributed by atoms with van der Waals surface area (Å²) in [6.45, 7) is 0. The zero-order valence-electron chi connectivity index (χ0n) is 10.7. The average molecular weight is 293 g/mol. The van der Waals surface area contributed by atoms with Crippen LogP contribution in [0.25, 0.3) is 0 Å². The summed E-state index contributed by atoms with van der Waals surface area (Å²) in [7, 11) is 2.76. The Labute approximate surface area is 120 Å². The van der Waals surface area contributed by atoms with Gasteiger partial charge in [0.1, 0.15) is 0 Å². The Hall–Kier alpha value is -2.35. The third-order valence-electron chi connectivity index (χ3n) is 2.23. The molecule has 0 aliphatic rings. The van der Waals surface area contributed by atoms with Crippen molar-refractivity contribution >= 4 is 18.6 Å². The minimum absolute atomic E-state index is 0.00893. The maximum absolute atomic E-state index is 11.9. The second-order valence-corrected chi connectivity index (χ2v) is 4.04. The molecule has 0 amide bonds. The molecule has 0 aliphatic heterocycles. The second kappa shape index (κ2) is 6.20. The molecule has 0 atom stereocenters. The van der Waals surface area contributed by atoms with Crippen LogP contribution in [0.2, 0.25) is 0 Å². The molecule has 20 heavy (non-hydrogen) atoms. The van der Waals surface area contributed by atoms with Gasteiger partial charge in [-0.15, -0.1) is 27.6 Å². The number of thiol groups is 1. The quantitative estimate of drug-likeness (QED) is 0.673. The van der Waals surface area contributed by atoms with Crippen molar-refractivity contribution in [3.05, 3.63) is 29.8 Å². The van der Waals surface area contributed by atoms with Crippen LogP contribution < -0.4 is 14.2 Å². The Morgan fingerprint density at radius 2 is 1.45 bits per heavy atom. The van der Waals surface area contributed by atoms with Gasteiger partial charge in [-0.1, -0.05) is 0 Å². The average Bonchev–Trinajstić information content (AvgIpc) is 2.47. The van der Waals surface area contributed by atoms with Crippen LogP contribution in [0.4, 0.5) is 0 Å². The van der Waals surface area contributed by atoms with Gasteiger partial charge in [0.05, 0.1) is 19.8 Å². The molecule has 0 bridgehead atoms. The van der Waals surface area contributed by atoms with Crippen molar-refractivity contribution in [2.24, 2.45) is 0 Å². The van der Waals surface area contributed by atoms with E-state index in [0.29, 0.717) is 5.56 Å². The number of aromatic nitrogens is 3. The normalized spacial score (nSPS) is 9.95. The van der Waals surface area contributed by atoms with Gasteiger partial charge in [0, 0.05) is 4.90 Å². The van der Waals surface area contributed by atoms with E-state index in [4.69, 9.17) is 14.2 Å². The fourth-order valence-electron chi connectivity index (χ4n) is 1.29. The highest BCUT2D eigenvalue weighted by atomic mass is 32.1. The van der Waals surface area contributed by atoms with Crippen LogP contribution in [-0.2, 0) is 0 Å². The van der Waals surface area contributed by atoms with Gasteiger partial charge in [-0.3, -0.25) is 0 Å². The Balaban J connectivity index is 2.20. The van der Waals surface area contributed by atoms with E-state index in [1.54, 1.807) is 24.3 Å². The number of rotatable bonds is 4. The summed E-state index contributed by atoms with van der Waals surface area (Å²) in [6.07, 6.45) is 0. The van der Waals surface area contributed by atoms with Crippen LogP contribution in [0.1, 0.15) is 10.4 Å². The first-order valence-electron chi connectivity index (χ1n) is 5.47. The lowest BCUT2D eigenvalue weighted by atomic mass is 10.2. The van der Waals surface area contributed by atoms with Gasteiger partial charge in [-0.2, -0.15) is 0 Å². The van der Waals surface area contributed by atoms with Crippen molar-refractivity contribution in [2.75, 3.05) is 14.2 Å². The minimum atomic E-state index is -0.603. The summed E-state index contributed by atoms with van der Waals surface area (Å²) in [5.41, 5.74) is 0.348. The van der Waals surface area contributed by atoms with E-state index in [2.05, 4.69) is 27.6 Å². The van der Waals surface area contributed by atoms with E-state index >= 15 is 0 Å². The Bertz CT molecular complexity index is 596. The largest absolute Gasteiger partial charge is 0.467 e. The summed E-state index contributed by atoms with van der Waals surface area (Å²) in [6, 6.07) is 6.30. The Morgan fingerprint density at radius 3 is 1.95 bits per heavy atom. The van der Waals surface area contributed by atoms with E-state index < -0.39 is 5.97 Å². The first kappa shape index (κ1) is 14.1. The molecule has 1 aromatic heterocycles. The SMILES string of the molecule is COc1nc(OC)nc(OC(=O)c2ccc(S)cc2)n1. The molecule has 0 fully saturated rings. The number of nitrogens with zero attached hydrogens (tertiary/aromatic N) is 3. The van der Waals surface area contributed by atoms with Gasteiger partial charge >= 0.3 is 24.0 Å². The number of esters is 1. The molecule has 2 rings (SSSR count). The Kier molecular flexibility index (Phi) is 4.36. The van der Waals surface area contributed by atoms with Gasteiger partial charge in [0.2, 0.25) is 0 Å². The molecule has 8 heteroatoms. The van der Waals surface area contributed by atoms with Crippen molar-refractivity contribution in [3.8, 4) is 18.0 Å². The summed E-state index contributed by atoms with van der Waals surface area (Å²) in [5.74, 6) is -0.603. The van der Waals surface area contributed by atoms with Gasteiger partial charge in [-0.25, -0.2) is 4.79 Å². The van der Waals surface area contributed by atoms with Gasteiger partial charge < -0.3 is 14.2 Å². The highest BCUT2D eigenvalue weighted by molar-refractivity contribution is 7.80. The second-order valence-electron chi connectivity index (χ2n) is 3.53. The molecule has 0 aliphatic carbocycles. The molecule has 0 saturated carbocycles. The number of hydrogen-bond acceptors (Lipinski definition) is 8. The first-order chi connectivity index (χ1) is 9.62. The van der Waals surface area contributed by atoms with E-state index in [1.807, 2.05) is 0 Å². The van der Waals surface area contributed by atoms with Crippen LogP contribution in [-0.4, -0.2) is 35.1 Å². The number of hydrogen-bond donors (Lipinski definition) is 1. The zero-order chi connectivity index (χ0) is 14.5. The minimum Gasteiger partial charge on any atom is -0.467 e. The van der Waals surface area contributed by atoms with E-state index in [9.17, 15) is 4.79 Å². The molecule has 7 nitrogen and oxygen atoms in total. The van der Waals surface area contributed by atoms with Gasteiger partial charge in [0.15, 0.2) is 0 Å². The molecule has 2 aromatic rings. The first-order valence-corrected chi connectivity index (χ1v) is 5.92. The molecule has 0 unspecified atom stereocenters. The smallest absolute Gasteiger partial charge is 0.345 e. The maximum atomic E-state index is 11.9. The zero-order valence-corrected chi connectivity index (χ0v) is 11.6. The summed E-state index contributed by atoms with van der Waals surface area (Å²) in [5, 5.41) is 0. The van der Waals surface area contributed by atoms with Gasteiger partial charge in [-0.05, 0) is 24.3 Å². The number of methoxy groups -OCH3 is 2. The molecule has 0 spiro atoms. The third-order valence-corrected chi connectivity index (χ3v) is 2.52. The van der Waals surface area contributed by atoms with E-state index in [1.165, 1.54) is 14.2 Å². The van der Waals surface area contributed by atoms with Crippen LogP contribution in [0.5, 0.6) is 18.0 Å². The van der Waals surface area contributed by atoms with Crippen LogP contribution >= 0.6 is 12.6 Å². The number of benzene rings is 1. The highest BCUT2D eigenvalue weighted by Crippen LogP contribution is 2.15. The predicted molar refractivity (Wildman–Crippen MR) is 71.6 cm³/mol. The molecular weight excluding hydrogens is 282 g/mol. The number of carbonyl (C=O) groups excluding carboxylic acids is 1. The lowest BCUT2D eigenvalue weighted by Gasteiger charge is -2.05. The Morgan fingerprint density at radius 1 is 0.950 bits per heavy atom. The van der Waals surface area contributed by atoms with E-state index in [-0.39, 0.29) is 18.0 Å². The lowest BCUT2D eigenvalue weighted by Crippen LogP contribution is -2.12. The monoisotopic (exact) mass is 293 g/mol.